The van der Waals surface area contributed by atoms with Crippen molar-refractivity contribution in [3.05, 3.63) is 40.3 Å². The summed E-state index contributed by atoms with van der Waals surface area (Å²) in [6.07, 6.45) is 0.740. The number of nitrogens with two attached hydrogens (primary N) is 1. The molecule has 0 bridgehead atoms. The van der Waals surface area contributed by atoms with E-state index in [4.69, 9.17) is 5.73 Å². The number of nitrogens with one attached hydrogen (secondary N) is 1. The zero-order valence-electron chi connectivity index (χ0n) is 10.9. The predicted molar refractivity (Wildman–Crippen MR) is 78.4 cm³/mol. The summed E-state index contributed by atoms with van der Waals surface area (Å²) in [6.45, 7) is 6.05. The number of aromatic nitrogens is 2. The fourth-order valence-electron chi connectivity index (χ4n) is 1.93. The molecule has 0 aliphatic heterocycles. The van der Waals surface area contributed by atoms with E-state index >= 15 is 0 Å². The molecule has 2 rings (SSSR count). The third kappa shape index (κ3) is 3.21. The Hall–Kier alpha value is -1.13. The molecule has 3 nitrogen and oxygen atoms in total. The molecule has 0 aliphatic carbocycles. The third-order valence-corrected chi connectivity index (χ3v) is 3.20. The van der Waals surface area contributed by atoms with E-state index in [1.54, 1.807) is 0 Å². The van der Waals surface area contributed by atoms with Gasteiger partial charge in [-0.05, 0) is 32.9 Å². The molecule has 1 aromatic carbocycles. The zero-order chi connectivity index (χ0) is 13.3. The predicted octanol–water partition coefficient (Wildman–Crippen LogP) is 3.43. The first-order valence-corrected chi connectivity index (χ1v) is 6.75. The van der Waals surface area contributed by atoms with Gasteiger partial charge in [-0.25, -0.2) is 4.98 Å². The third-order valence-electron chi connectivity index (χ3n) is 2.67. The van der Waals surface area contributed by atoms with Crippen LogP contribution in [0.2, 0.25) is 0 Å². The first-order valence-electron chi connectivity index (χ1n) is 5.95. The van der Waals surface area contributed by atoms with Crippen LogP contribution in [0.1, 0.15) is 25.4 Å². The number of aromatic amines is 1. The molecular weight excluding hydrogens is 290 g/mol. The standard InChI is InChI=1S/C14H18BrN3/c1-9-13(10-4-6-11(15)7-5-10)18-12(17-9)8-14(2,3)16/h4-7H,8,16H2,1-3H3,(H,17,18). The Labute approximate surface area is 116 Å². The first kappa shape index (κ1) is 13.3. The lowest BCUT2D eigenvalue weighted by molar-refractivity contribution is 0.504. The zero-order valence-corrected chi connectivity index (χ0v) is 12.5. The van der Waals surface area contributed by atoms with Crippen molar-refractivity contribution < 1.29 is 0 Å². The highest BCUT2D eigenvalue weighted by molar-refractivity contribution is 9.10. The van der Waals surface area contributed by atoms with Crippen molar-refractivity contribution in [1.82, 2.24) is 9.97 Å². The van der Waals surface area contributed by atoms with Gasteiger partial charge in [0.05, 0.1) is 5.69 Å². The number of benzene rings is 1. The maximum atomic E-state index is 6.02. The molecule has 1 aromatic heterocycles. The van der Waals surface area contributed by atoms with Crippen LogP contribution in [0, 0.1) is 6.92 Å². The van der Waals surface area contributed by atoms with Crippen LogP contribution in [0.4, 0.5) is 0 Å². The second-order valence-electron chi connectivity index (χ2n) is 5.33. The van der Waals surface area contributed by atoms with Crippen molar-refractivity contribution in [1.29, 1.82) is 0 Å². The van der Waals surface area contributed by atoms with Crippen molar-refractivity contribution in [3.8, 4) is 11.3 Å². The second kappa shape index (κ2) is 4.86. The Morgan fingerprint density at radius 2 is 1.89 bits per heavy atom. The normalized spacial score (nSPS) is 11.8. The van der Waals surface area contributed by atoms with Gasteiger partial charge < -0.3 is 10.7 Å². The minimum atomic E-state index is -0.249. The van der Waals surface area contributed by atoms with Gasteiger partial charge in [0.1, 0.15) is 5.82 Å². The monoisotopic (exact) mass is 307 g/mol. The SMILES string of the molecule is Cc1[nH]c(CC(C)(C)N)nc1-c1ccc(Br)cc1. The number of nitrogens with zero attached hydrogens (tertiary/aromatic N) is 1. The van der Waals surface area contributed by atoms with Crippen LogP contribution in [0.25, 0.3) is 11.3 Å². The summed E-state index contributed by atoms with van der Waals surface area (Å²) in [6, 6.07) is 8.17. The average Bonchev–Trinajstić information content (AvgIpc) is 2.58. The van der Waals surface area contributed by atoms with Gasteiger partial charge >= 0.3 is 0 Å². The van der Waals surface area contributed by atoms with Crippen molar-refractivity contribution in [3.63, 3.8) is 0 Å². The van der Waals surface area contributed by atoms with Gasteiger partial charge in [-0.15, -0.1) is 0 Å². The second-order valence-corrected chi connectivity index (χ2v) is 6.25. The number of H-pyrrole nitrogens is 1. The minimum Gasteiger partial charge on any atom is -0.346 e. The fraction of sp³-hybridized carbons (Fsp3) is 0.357. The molecule has 0 fully saturated rings. The molecule has 0 aliphatic rings. The van der Waals surface area contributed by atoms with Gasteiger partial charge in [-0.2, -0.15) is 0 Å². The highest BCUT2D eigenvalue weighted by Crippen LogP contribution is 2.24. The summed E-state index contributed by atoms with van der Waals surface area (Å²) in [5, 5.41) is 0. The average molecular weight is 308 g/mol. The lowest BCUT2D eigenvalue weighted by Crippen LogP contribution is -2.34. The summed E-state index contributed by atoms with van der Waals surface area (Å²) in [5.74, 6) is 0.943. The van der Waals surface area contributed by atoms with Gasteiger partial charge in [0.2, 0.25) is 0 Å². The number of hydrogen-bond acceptors (Lipinski definition) is 2. The van der Waals surface area contributed by atoms with E-state index in [-0.39, 0.29) is 5.54 Å². The van der Waals surface area contributed by atoms with Gasteiger partial charge in [0, 0.05) is 27.7 Å². The molecule has 0 atom stereocenters. The highest BCUT2D eigenvalue weighted by Gasteiger charge is 2.16. The summed E-state index contributed by atoms with van der Waals surface area (Å²) >= 11 is 3.44. The van der Waals surface area contributed by atoms with E-state index in [9.17, 15) is 0 Å². The number of imidazole rings is 1. The van der Waals surface area contributed by atoms with Crippen LogP contribution in [-0.4, -0.2) is 15.5 Å². The lowest BCUT2D eigenvalue weighted by Gasteiger charge is -2.15. The largest absolute Gasteiger partial charge is 0.346 e. The van der Waals surface area contributed by atoms with E-state index in [0.29, 0.717) is 0 Å². The first-order chi connectivity index (χ1) is 8.35. The number of rotatable bonds is 3. The Bertz CT molecular complexity index is 535. The molecule has 18 heavy (non-hydrogen) atoms. The molecular formula is C14H18BrN3. The van der Waals surface area contributed by atoms with Crippen LogP contribution < -0.4 is 5.73 Å². The maximum Gasteiger partial charge on any atom is 0.108 e. The quantitative estimate of drug-likeness (QED) is 0.913. The van der Waals surface area contributed by atoms with Crippen LogP contribution in [-0.2, 0) is 6.42 Å². The van der Waals surface area contributed by atoms with Crippen molar-refractivity contribution in [2.45, 2.75) is 32.7 Å². The van der Waals surface area contributed by atoms with Gasteiger partial charge in [0.25, 0.3) is 0 Å². The van der Waals surface area contributed by atoms with E-state index in [2.05, 4.69) is 38.0 Å². The molecule has 0 amide bonds. The molecule has 0 spiro atoms. The van der Waals surface area contributed by atoms with E-state index in [1.165, 1.54) is 0 Å². The van der Waals surface area contributed by atoms with Crippen molar-refractivity contribution >= 4 is 15.9 Å². The molecule has 0 unspecified atom stereocenters. The smallest absolute Gasteiger partial charge is 0.108 e. The van der Waals surface area contributed by atoms with Crippen LogP contribution in [0.3, 0.4) is 0 Å². The summed E-state index contributed by atoms with van der Waals surface area (Å²) in [5.41, 5.74) is 8.97. The van der Waals surface area contributed by atoms with Crippen LogP contribution in [0.5, 0.6) is 0 Å². The molecule has 0 saturated heterocycles. The van der Waals surface area contributed by atoms with Gasteiger partial charge in [0.15, 0.2) is 0 Å². The van der Waals surface area contributed by atoms with E-state index < -0.39 is 0 Å². The topological polar surface area (TPSA) is 54.7 Å². The highest BCUT2D eigenvalue weighted by atomic mass is 79.9. The molecule has 0 radical (unpaired) electrons. The Morgan fingerprint density at radius 1 is 1.28 bits per heavy atom. The Morgan fingerprint density at radius 3 is 2.44 bits per heavy atom. The van der Waals surface area contributed by atoms with Crippen molar-refractivity contribution in [2.24, 2.45) is 5.73 Å². The Kier molecular flexibility index (Phi) is 3.59. The summed E-state index contributed by atoms with van der Waals surface area (Å²) in [7, 11) is 0. The molecule has 96 valence electrons. The number of halogens is 1. The lowest BCUT2D eigenvalue weighted by atomic mass is 10.0. The Balaban J connectivity index is 2.32. The van der Waals surface area contributed by atoms with Crippen LogP contribution >= 0.6 is 15.9 Å². The van der Waals surface area contributed by atoms with Gasteiger partial charge in [-0.3, -0.25) is 0 Å². The minimum absolute atomic E-state index is 0.249. The van der Waals surface area contributed by atoms with E-state index in [0.717, 1.165) is 33.7 Å². The number of aryl methyl sites for hydroxylation is 1. The summed E-state index contributed by atoms with van der Waals surface area (Å²) in [4.78, 5) is 7.96. The maximum absolute atomic E-state index is 6.02. The molecule has 0 saturated carbocycles. The van der Waals surface area contributed by atoms with Crippen LogP contribution in [0.15, 0.2) is 28.7 Å². The van der Waals surface area contributed by atoms with Gasteiger partial charge in [-0.1, -0.05) is 28.1 Å². The fourth-order valence-corrected chi connectivity index (χ4v) is 2.19. The summed E-state index contributed by atoms with van der Waals surface area (Å²) < 4.78 is 1.07. The molecule has 2 aromatic rings. The van der Waals surface area contributed by atoms with Crippen molar-refractivity contribution in [2.75, 3.05) is 0 Å². The molecule has 4 heteroatoms. The number of hydrogen-bond donors (Lipinski definition) is 2. The molecule has 1 heterocycles. The molecule has 3 N–H and O–H groups in total. The van der Waals surface area contributed by atoms with E-state index in [1.807, 2.05) is 32.9 Å².